The van der Waals surface area contributed by atoms with Crippen LogP contribution in [0.25, 0.3) is 18.2 Å². The molecule has 3 rings (SSSR count). The maximum Gasteiger partial charge on any atom is 0.146 e. The van der Waals surface area contributed by atoms with Gasteiger partial charge in [-0.05, 0) is 53.3 Å². The van der Waals surface area contributed by atoms with Crippen LogP contribution in [0.15, 0.2) is 109 Å². The van der Waals surface area contributed by atoms with E-state index in [9.17, 15) is 14.4 Å². The van der Waals surface area contributed by atoms with Gasteiger partial charge in [0.05, 0.1) is 0 Å². The van der Waals surface area contributed by atoms with E-state index in [-0.39, 0.29) is 0 Å². The SMILES string of the molecule is CCCCCCC(C=O)=Cc1ccccc1.O=CC=Cc1ccccc1.O=CC=Cc1ccccc1. The highest BCUT2D eigenvalue weighted by Crippen LogP contribution is 2.12. The van der Waals surface area contributed by atoms with E-state index < -0.39 is 0 Å². The van der Waals surface area contributed by atoms with Crippen molar-refractivity contribution in [1.82, 2.24) is 0 Å². The summed E-state index contributed by atoms with van der Waals surface area (Å²) < 4.78 is 0. The van der Waals surface area contributed by atoms with Crippen LogP contribution < -0.4 is 0 Å². The van der Waals surface area contributed by atoms with Crippen molar-refractivity contribution in [2.45, 2.75) is 39.0 Å². The van der Waals surface area contributed by atoms with Gasteiger partial charge in [0.15, 0.2) is 0 Å². The summed E-state index contributed by atoms with van der Waals surface area (Å²) in [4.78, 5) is 30.7. The van der Waals surface area contributed by atoms with Gasteiger partial charge in [-0.2, -0.15) is 0 Å². The molecule has 3 nitrogen and oxygen atoms in total. The fourth-order valence-corrected chi connectivity index (χ4v) is 3.11. The first-order valence-electron chi connectivity index (χ1n) is 12.3. The normalized spacial score (nSPS) is 10.6. The Bertz CT molecular complexity index is 996. The molecule has 3 heteroatoms. The molecule has 0 atom stereocenters. The predicted octanol–water partition coefficient (Wildman–Crippen LogP) is 8.04. The van der Waals surface area contributed by atoms with Crippen molar-refractivity contribution in [2.75, 3.05) is 0 Å². The molecule has 0 heterocycles. The van der Waals surface area contributed by atoms with E-state index in [0.717, 1.165) is 54.0 Å². The molecule has 0 bridgehead atoms. The Morgan fingerprint density at radius 2 is 1.03 bits per heavy atom. The molecule has 0 saturated heterocycles. The molecule has 0 aliphatic carbocycles. The lowest BCUT2D eigenvalue weighted by molar-refractivity contribution is -0.105. The van der Waals surface area contributed by atoms with Crippen LogP contribution in [0.3, 0.4) is 0 Å². The second kappa shape index (κ2) is 21.4. The topological polar surface area (TPSA) is 51.2 Å². The van der Waals surface area contributed by atoms with Gasteiger partial charge < -0.3 is 0 Å². The number of aldehydes is 3. The summed E-state index contributed by atoms with van der Waals surface area (Å²) in [5.41, 5.74) is 4.12. The van der Waals surface area contributed by atoms with Crippen LogP contribution >= 0.6 is 0 Å². The number of unbranched alkanes of at least 4 members (excludes halogenated alkanes) is 3. The summed E-state index contributed by atoms with van der Waals surface area (Å²) in [6.07, 6.45) is 16.7. The number of carbonyl (C=O) groups excluding carboxylic acids is 3. The Morgan fingerprint density at radius 3 is 1.42 bits per heavy atom. The van der Waals surface area contributed by atoms with Gasteiger partial charge in [-0.25, -0.2) is 0 Å². The van der Waals surface area contributed by atoms with Crippen LogP contribution in [0.4, 0.5) is 0 Å². The van der Waals surface area contributed by atoms with E-state index in [1.165, 1.54) is 31.4 Å². The van der Waals surface area contributed by atoms with Gasteiger partial charge >= 0.3 is 0 Å². The van der Waals surface area contributed by atoms with Crippen LogP contribution in [0.5, 0.6) is 0 Å². The van der Waals surface area contributed by atoms with E-state index >= 15 is 0 Å². The van der Waals surface area contributed by atoms with E-state index in [1.807, 2.05) is 97.1 Å². The number of carbonyl (C=O) groups is 3. The fraction of sp³-hybridized carbons (Fsp3) is 0.182. The first-order chi connectivity index (χ1) is 17.7. The molecule has 3 aromatic carbocycles. The van der Waals surface area contributed by atoms with Crippen molar-refractivity contribution in [3.05, 3.63) is 125 Å². The molecule has 0 N–H and O–H groups in total. The van der Waals surface area contributed by atoms with E-state index in [4.69, 9.17) is 0 Å². The first-order valence-corrected chi connectivity index (χ1v) is 12.3. The van der Waals surface area contributed by atoms with E-state index in [1.54, 1.807) is 12.2 Å². The largest absolute Gasteiger partial charge is 0.299 e. The molecule has 36 heavy (non-hydrogen) atoms. The number of hydrogen-bond acceptors (Lipinski definition) is 3. The molecule has 0 aromatic heterocycles. The van der Waals surface area contributed by atoms with Gasteiger partial charge in [-0.15, -0.1) is 0 Å². The zero-order valence-corrected chi connectivity index (χ0v) is 21.0. The van der Waals surface area contributed by atoms with E-state index in [0.29, 0.717) is 0 Å². The minimum absolute atomic E-state index is 0.771. The molecule has 0 fully saturated rings. The summed E-state index contributed by atoms with van der Waals surface area (Å²) in [5, 5.41) is 0. The quantitative estimate of drug-likeness (QED) is 0.158. The first kappa shape index (κ1) is 29.9. The second-order valence-corrected chi connectivity index (χ2v) is 7.87. The third-order valence-electron chi connectivity index (χ3n) is 4.96. The molecule has 0 aliphatic rings. The van der Waals surface area contributed by atoms with Gasteiger partial charge in [0.2, 0.25) is 0 Å². The highest BCUT2D eigenvalue weighted by Gasteiger charge is 1.96. The zero-order valence-electron chi connectivity index (χ0n) is 21.0. The molecular weight excluding hydrogens is 444 g/mol. The highest BCUT2D eigenvalue weighted by atomic mass is 16.1. The molecular formula is C33H36O3. The average molecular weight is 481 g/mol. The number of benzene rings is 3. The monoisotopic (exact) mass is 480 g/mol. The van der Waals surface area contributed by atoms with Crippen LogP contribution in [0.2, 0.25) is 0 Å². The fourth-order valence-electron chi connectivity index (χ4n) is 3.11. The van der Waals surface area contributed by atoms with Gasteiger partial charge in [-0.1, -0.05) is 129 Å². The second-order valence-electron chi connectivity index (χ2n) is 7.87. The lowest BCUT2D eigenvalue weighted by Crippen LogP contribution is -1.86. The van der Waals surface area contributed by atoms with Crippen molar-refractivity contribution >= 4 is 37.1 Å². The summed E-state index contributed by atoms with van der Waals surface area (Å²) in [7, 11) is 0. The Kier molecular flexibility index (Phi) is 17.8. The van der Waals surface area contributed by atoms with Gasteiger partial charge in [-0.3, -0.25) is 14.4 Å². The Hall–Kier alpha value is -4.11. The summed E-state index contributed by atoms with van der Waals surface area (Å²) in [5.74, 6) is 0. The maximum absolute atomic E-state index is 10.9. The molecule has 186 valence electrons. The Balaban J connectivity index is 0.000000282. The summed E-state index contributed by atoms with van der Waals surface area (Å²) >= 11 is 0. The van der Waals surface area contributed by atoms with Gasteiger partial charge in [0, 0.05) is 0 Å². The molecule has 0 aliphatic heterocycles. The third-order valence-corrected chi connectivity index (χ3v) is 4.96. The molecule has 0 unspecified atom stereocenters. The minimum atomic E-state index is 0.771. The Morgan fingerprint density at radius 1 is 0.583 bits per heavy atom. The van der Waals surface area contributed by atoms with Crippen LogP contribution in [-0.2, 0) is 14.4 Å². The number of hydrogen-bond donors (Lipinski definition) is 0. The van der Waals surface area contributed by atoms with Gasteiger partial charge in [0.1, 0.15) is 18.9 Å². The predicted molar refractivity (Wildman–Crippen MR) is 152 cm³/mol. The highest BCUT2D eigenvalue weighted by molar-refractivity contribution is 5.81. The van der Waals surface area contributed by atoms with Crippen LogP contribution in [0, 0.1) is 0 Å². The summed E-state index contributed by atoms with van der Waals surface area (Å²) in [6, 6.07) is 29.4. The molecule has 0 radical (unpaired) electrons. The third kappa shape index (κ3) is 15.7. The summed E-state index contributed by atoms with van der Waals surface area (Å²) in [6.45, 7) is 2.19. The average Bonchev–Trinajstić information content (AvgIpc) is 2.95. The molecule has 0 amide bonds. The maximum atomic E-state index is 10.9. The van der Waals surface area contributed by atoms with Crippen molar-refractivity contribution in [1.29, 1.82) is 0 Å². The standard InChI is InChI=1S/C15H20O.2C9H8O/c1-2-3-4-6-11-15(13-16)12-14-9-7-5-8-10-14;2*10-8-4-7-9-5-2-1-3-6-9/h5,7-10,12-13H,2-4,6,11H2,1H3;2*1-8H. The van der Waals surface area contributed by atoms with Crippen molar-refractivity contribution in [2.24, 2.45) is 0 Å². The van der Waals surface area contributed by atoms with Crippen molar-refractivity contribution < 1.29 is 14.4 Å². The zero-order chi connectivity index (χ0) is 26.1. The number of allylic oxidation sites excluding steroid dienone is 3. The van der Waals surface area contributed by atoms with Crippen LogP contribution in [0.1, 0.15) is 55.7 Å². The lowest BCUT2D eigenvalue weighted by atomic mass is 10.0. The number of rotatable bonds is 11. The van der Waals surface area contributed by atoms with Crippen molar-refractivity contribution in [3.8, 4) is 0 Å². The molecule has 3 aromatic rings. The van der Waals surface area contributed by atoms with E-state index in [2.05, 4.69) is 6.92 Å². The van der Waals surface area contributed by atoms with Crippen molar-refractivity contribution in [3.63, 3.8) is 0 Å². The van der Waals surface area contributed by atoms with Crippen LogP contribution in [-0.4, -0.2) is 18.9 Å². The molecule has 0 spiro atoms. The lowest BCUT2D eigenvalue weighted by Gasteiger charge is -2.00. The molecule has 0 saturated carbocycles. The smallest absolute Gasteiger partial charge is 0.146 e. The minimum Gasteiger partial charge on any atom is -0.299 e. The Labute approximate surface area is 215 Å². The van der Waals surface area contributed by atoms with Gasteiger partial charge in [0.25, 0.3) is 0 Å².